The first-order valence-electron chi connectivity index (χ1n) is 8.17. The number of nitrogens with one attached hydrogen (secondary N) is 1. The number of anilines is 1. The summed E-state index contributed by atoms with van der Waals surface area (Å²) in [7, 11) is 0. The molecule has 0 bridgehead atoms. The van der Waals surface area contributed by atoms with Gasteiger partial charge in [0.25, 0.3) is 5.69 Å². The maximum absolute atomic E-state index is 12.3. The van der Waals surface area contributed by atoms with Crippen molar-refractivity contribution in [3.63, 3.8) is 0 Å². The van der Waals surface area contributed by atoms with Gasteiger partial charge in [-0.05, 0) is 37.1 Å². The second kappa shape index (κ2) is 6.72. The molecule has 1 fully saturated rings. The van der Waals surface area contributed by atoms with Crippen molar-refractivity contribution in [2.75, 3.05) is 5.32 Å². The van der Waals surface area contributed by atoms with Crippen LogP contribution in [0.5, 0.6) is 0 Å². The lowest BCUT2D eigenvalue weighted by molar-refractivity contribution is -0.384. The highest BCUT2D eigenvalue weighted by molar-refractivity contribution is 7.18. The molecule has 4 rings (SSSR count). The summed E-state index contributed by atoms with van der Waals surface area (Å²) in [5.74, 6) is -0.606. The van der Waals surface area contributed by atoms with Gasteiger partial charge >= 0.3 is 5.97 Å². The lowest BCUT2D eigenvalue weighted by Gasteiger charge is -2.07. The molecule has 0 aliphatic heterocycles. The van der Waals surface area contributed by atoms with Crippen LogP contribution in [0.15, 0.2) is 42.5 Å². The van der Waals surface area contributed by atoms with Crippen molar-refractivity contribution in [2.45, 2.75) is 25.5 Å². The number of aromatic nitrogens is 1. The monoisotopic (exact) mass is 369 g/mol. The number of hydrogen-bond acceptors (Lipinski definition) is 7. The van der Waals surface area contributed by atoms with Gasteiger partial charge in [0.05, 0.1) is 20.7 Å². The number of carbonyl (C=O) groups excluding carboxylic acids is 1. The fourth-order valence-corrected chi connectivity index (χ4v) is 3.45. The van der Waals surface area contributed by atoms with Gasteiger partial charge in [-0.3, -0.25) is 10.1 Å². The molecule has 1 N–H and O–H groups in total. The predicted molar refractivity (Wildman–Crippen MR) is 98.5 cm³/mol. The Morgan fingerprint density at radius 2 is 2.12 bits per heavy atom. The standard InChI is InChI=1S/C18H15N3O4S/c22-18(25-10-17-20-14-3-1-2-4-16(14)26-17)11-5-8-13(19-12-6-7-12)15(9-11)21(23)24/h1-5,8-9,12,19H,6-7,10H2. The number of fused-ring (bicyclic) bond motifs is 1. The first kappa shape index (κ1) is 16.5. The molecule has 7 nitrogen and oxygen atoms in total. The van der Waals surface area contributed by atoms with Crippen molar-refractivity contribution in [1.82, 2.24) is 4.98 Å². The van der Waals surface area contributed by atoms with Crippen LogP contribution in [0.1, 0.15) is 28.2 Å². The Morgan fingerprint density at radius 3 is 2.85 bits per heavy atom. The van der Waals surface area contributed by atoms with Gasteiger partial charge in [0.15, 0.2) is 0 Å². The minimum atomic E-state index is -0.606. The zero-order chi connectivity index (χ0) is 18.1. The summed E-state index contributed by atoms with van der Waals surface area (Å²) >= 11 is 1.45. The third kappa shape index (κ3) is 3.50. The Labute approximate surface area is 152 Å². The topological polar surface area (TPSA) is 94.4 Å². The second-order valence-electron chi connectivity index (χ2n) is 6.06. The average molecular weight is 369 g/mol. The van der Waals surface area contributed by atoms with E-state index >= 15 is 0 Å². The van der Waals surface area contributed by atoms with E-state index in [4.69, 9.17) is 4.74 Å². The van der Waals surface area contributed by atoms with Gasteiger partial charge in [-0.25, -0.2) is 9.78 Å². The summed E-state index contributed by atoms with van der Waals surface area (Å²) < 4.78 is 6.30. The fourth-order valence-electron chi connectivity index (χ4n) is 2.57. The number of nitro groups is 1. The minimum Gasteiger partial charge on any atom is -0.455 e. The van der Waals surface area contributed by atoms with E-state index < -0.39 is 10.9 Å². The van der Waals surface area contributed by atoms with Crippen molar-refractivity contribution in [3.05, 3.63) is 63.1 Å². The highest BCUT2D eigenvalue weighted by Gasteiger charge is 2.25. The molecule has 0 amide bonds. The molecule has 8 heteroatoms. The number of nitro benzene ring substituents is 1. The predicted octanol–water partition coefficient (Wildman–Crippen LogP) is 4.14. The number of thiazole rings is 1. The molecule has 0 spiro atoms. The number of para-hydroxylation sites is 1. The third-order valence-electron chi connectivity index (χ3n) is 4.03. The summed E-state index contributed by atoms with van der Waals surface area (Å²) in [6.07, 6.45) is 2.01. The summed E-state index contributed by atoms with van der Waals surface area (Å²) in [6.45, 7) is 0.0358. The molecule has 1 heterocycles. The van der Waals surface area contributed by atoms with Crippen LogP contribution in [0.4, 0.5) is 11.4 Å². The van der Waals surface area contributed by atoms with Crippen LogP contribution < -0.4 is 5.32 Å². The molecule has 0 saturated heterocycles. The minimum absolute atomic E-state index is 0.0358. The second-order valence-corrected chi connectivity index (χ2v) is 7.17. The van der Waals surface area contributed by atoms with E-state index in [2.05, 4.69) is 10.3 Å². The third-order valence-corrected chi connectivity index (χ3v) is 5.04. The molecular formula is C18H15N3O4S. The SMILES string of the molecule is O=C(OCc1nc2ccccc2s1)c1ccc(NC2CC2)c([N+](=O)[O-])c1. The van der Waals surface area contributed by atoms with Gasteiger partial charge in [-0.1, -0.05) is 12.1 Å². The highest BCUT2D eigenvalue weighted by Crippen LogP contribution is 2.32. The van der Waals surface area contributed by atoms with E-state index in [1.54, 1.807) is 12.1 Å². The average Bonchev–Trinajstić information content (AvgIpc) is 3.35. The normalized spacial score (nSPS) is 13.5. The zero-order valence-corrected chi connectivity index (χ0v) is 14.5. The molecule has 1 aliphatic carbocycles. The van der Waals surface area contributed by atoms with Gasteiger partial charge in [0.1, 0.15) is 17.3 Å². The summed E-state index contributed by atoms with van der Waals surface area (Å²) in [5, 5.41) is 15.1. The molecule has 1 saturated carbocycles. The summed E-state index contributed by atoms with van der Waals surface area (Å²) in [6, 6.07) is 12.3. The molecule has 26 heavy (non-hydrogen) atoms. The molecule has 132 valence electrons. The lowest BCUT2D eigenvalue weighted by Crippen LogP contribution is -2.08. The Kier molecular flexibility index (Phi) is 4.26. The van der Waals surface area contributed by atoms with E-state index in [1.807, 2.05) is 24.3 Å². The summed E-state index contributed by atoms with van der Waals surface area (Å²) in [4.78, 5) is 27.5. The number of benzene rings is 2. The Bertz CT molecular complexity index is 964. The van der Waals surface area contributed by atoms with Crippen molar-refractivity contribution in [2.24, 2.45) is 0 Å². The van der Waals surface area contributed by atoms with Crippen molar-refractivity contribution in [1.29, 1.82) is 0 Å². The van der Waals surface area contributed by atoms with E-state index in [0.717, 1.165) is 23.1 Å². The van der Waals surface area contributed by atoms with Crippen molar-refractivity contribution < 1.29 is 14.5 Å². The van der Waals surface area contributed by atoms with Crippen LogP contribution in [-0.2, 0) is 11.3 Å². The molecular weight excluding hydrogens is 354 g/mol. The van der Waals surface area contributed by atoms with Crippen molar-refractivity contribution in [3.8, 4) is 0 Å². The smallest absolute Gasteiger partial charge is 0.338 e. The fraction of sp³-hybridized carbons (Fsp3) is 0.222. The van der Waals surface area contributed by atoms with Gasteiger partial charge < -0.3 is 10.1 Å². The number of rotatable bonds is 6. The molecule has 0 radical (unpaired) electrons. The Morgan fingerprint density at radius 1 is 1.31 bits per heavy atom. The van der Waals surface area contributed by atoms with Gasteiger partial charge in [-0.15, -0.1) is 11.3 Å². The van der Waals surface area contributed by atoms with Gasteiger partial charge in [0, 0.05) is 12.1 Å². The van der Waals surface area contributed by atoms with Crippen LogP contribution in [0.2, 0.25) is 0 Å². The van der Waals surface area contributed by atoms with Crippen LogP contribution in [-0.4, -0.2) is 21.9 Å². The molecule has 2 aromatic carbocycles. The van der Waals surface area contributed by atoms with Crippen LogP contribution in [0.3, 0.4) is 0 Å². The largest absolute Gasteiger partial charge is 0.455 e. The van der Waals surface area contributed by atoms with E-state index in [0.29, 0.717) is 10.7 Å². The quantitative estimate of drug-likeness (QED) is 0.399. The van der Waals surface area contributed by atoms with E-state index in [9.17, 15) is 14.9 Å². The number of hydrogen-bond donors (Lipinski definition) is 1. The molecule has 0 atom stereocenters. The summed E-state index contributed by atoms with van der Waals surface area (Å²) in [5.41, 5.74) is 1.32. The van der Waals surface area contributed by atoms with E-state index in [-0.39, 0.29) is 23.9 Å². The molecule has 1 aliphatic rings. The first-order valence-corrected chi connectivity index (χ1v) is 8.98. The van der Waals surface area contributed by atoms with E-state index in [1.165, 1.54) is 17.4 Å². The Balaban J connectivity index is 1.48. The highest BCUT2D eigenvalue weighted by atomic mass is 32.1. The van der Waals surface area contributed by atoms with Gasteiger partial charge in [0.2, 0.25) is 0 Å². The number of carbonyl (C=O) groups is 1. The maximum Gasteiger partial charge on any atom is 0.338 e. The first-order chi connectivity index (χ1) is 12.6. The zero-order valence-electron chi connectivity index (χ0n) is 13.7. The molecule has 3 aromatic rings. The van der Waals surface area contributed by atoms with Crippen molar-refractivity contribution >= 4 is 38.9 Å². The number of ether oxygens (including phenoxy) is 1. The maximum atomic E-state index is 12.3. The lowest BCUT2D eigenvalue weighted by atomic mass is 10.1. The number of nitrogens with zero attached hydrogens (tertiary/aromatic N) is 2. The molecule has 1 aromatic heterocycles. The van der Waals surface area contributed by atoms with Gasteiger partial charge in [-0.2, -0.15) is 0 Å². The van der Waals surface area contributed by atoms with Crippen LogP contribution in [0, 0.1) is 10.1 Å². The van der Waals surface area contributed by atoms with Crippen LogP contribution >= 0.6 is 11.3 Å². The number of esters is 1. The molecule has 0 unspecified atom stereocenters. The van der Waals surface area contributed by atoms with Crippen LogP contribution in [0.25, 0.3) is 10.2 Å². The Hall–Kier alpha value is -3.00.